The molecule has 1 fully saturated rings. The van der Waals surface area contributed by atoms with Crippen LogP contribution in [0.2, 0.25) is 0 Å². The van der Waals surface area contributed by atoms with Crippen LogP contribution >= 0.6 is 11.3 Å². The zero-order valence-electron chi connectivity index (χ0n) is 11.4. The van der Waals surface area contributed by atoms with Crippen LogP contribution < -0.4 is 16.0 Å². The van der Waals surface area contributed by atoms with Gasteiger partial charge in [-0.25, -0.2) is 19.0 Å². The van der Waals surface area contributed by atoms with Crippen molar-refractivity contribution in [1.82, 2.24) is 4.72 Å². The first-order chi connectivity index (χ1) is 9.94. The molecule has 10 heteroatoms. The Morgan fingerprint density at radius 3 is 2.62 bits per heavy atom. The van der Waals surface area contributed by atoms with Crippen molar-refractivity contribution >= 4 is 32.0 Å². The molecule has 8 nitrogen and oxygen atoms in total. The third kappa shape index (κ3) is 3.90. The van der Waals surface area contributed by atoms with Crippen LogP contribution in [0.15, 0.2) is 10.3 Å². The maximum atomic E-state index is 12.1. The Labute approximate surface area is 126 Å². The molecule has 0 aliphatic heterocycles. The topological polar surface area (TPSA) is 127 Å². The van der Waals surface area contributed by atoms with Crippen molar-refractivity contribution in [1.29, 1.82) is 0 Å². The van der Waals surface area contributed by atoms with E-state index in [1.807, 2.05) is 0 Å². The van der Waals surface area contributed by atoms with E-state index in [1.165, 1.54) is 12.8 Å². The van der Waals surface area contributed by atoms with E-state index < -0.39 is 14.9 Å². The Bertz CT molecular complexity index is 608. The zero-order chi connectivity index (χ0) is 15.5. The zero-order valence-corrected chi connectivity index (χ0v) is 13.0. The molecule has 0 saturated heterocycles. The second-order valence-electron chi connectivity index (χ2n) is 5.02. The van der Waals surface area contributed by atoms with E-state index in [0.29, 0.717) is 12.5 Å². The molecule has 0 unspecified atom stereocenters. The normalized spacial score (nSPS) is 16.2. The second-order valence-corrected chi connectivity index (χ2v) is 8.06. The summed E-state index contributed by atoms with van der Waals surface area (Å²) in [5, 5.41) is 10.8. The first kappa shape index (κ1) is 16.1. The van der Waals surface area contributed by atoms with Gasteiger partial charge in [-0.05, 0) is 12.3 Å². The third-order valence-electron chi connectivity index (χ3n) is 3.60. The Morgan fingerprint density at radius 1 is 1.43 bits per heavy atom. The molecule has 0 aromatic carbocycles. The number of nitro groups is 1. The van der Waals surface area contributed by atoms with Gasteiger partial charge in [0.05, 0.1) is 4.92 Å². The summed E-state index contributed by atoms with van der Waals surface area (Å²) in [7, 11) is -3.73. The van der Waals surface area contributed by atoms with Crippen LogP contribution in [0.5, 0.6) is 0 Å². The van der Waals surface area contributed by atoms with E-state index in [2.05, 4.69) is 10.1 Å². The predicted octanol–water partition coefficient (Wildman–Crippen LogP) is 1.80. The summed E-state index contributed by atoms with van der Waals surface area (Å²) in [6, 6.07) is 1.03. The van der Waals surface area contributed by atoms with Gasteiger partial charge < -0.3 is 5.43 Å². The van der Waals surface area contributed by atoms with E-state index in [9.17, 15) is 18.5 Å². The lowest BCUT2D eigenvalue weighted by Gasteiger charge is -2.09. The van der Waals surface area contributed by atoms with Crippen LogP contribution in [0.25, 0.3) is 0 Å². The second kappa shape index (κ2) is 6.69. The van der Waals surface area contributed by atoms with Gasteiger partial charge in [-0.1, -0.05) is 37.0 Å². The number of nitrogen functional groups attached to an aromatic ring is 1. The summed E-state index contributed by atoms with van der Waals surface area (Å²) < 4.78 is 26.6. The fraction of sp³-hybridized carbons (Fsp3) is 0.636. The quantitative estimate of drug-likeness (QED) is 0.396. The van der Waals surface area contributed by atoms with E-state index in [1.54, 1.807) is 0 Å². The lowest BCUT2D eigenvalue weighted by atomic mass is 10.1. The lowest BCUT2D eigenvalue weighted by Crippen LogP contribution is -2.25. The van der Waals surface area contributed by atoms with Gasteiger partial charge in [-0.3, -0.25) is 10.1 Å². The highest BCUT2D eigenvalue weighted by Crippen LogP contribution is 2.36. The number of anilines is 1. The van der Waals surface area contributed by atoms with Crippen molar-refractivity contribution in [3.05, 3.63) is 16.2 Å². The maximum absolute atomic E-state index is 12.1. The number of hydrazine groups is 1. The van der Waals surface area contributed by atoms with E-state index >= 15 is 0 Å². The molecule has 0 bridgehead atoms. The minimum Gasteiger partial charge on any atom is -0.310 e. The fourth-order valence-corrected chi connectivity index (χ4v) is 4.83. The first-order valence-electron chi connectivity index (χ1n) is 6.68. The van der Waals surface area contributed by atoms with Gasteiger partial charge >= 0.3 is 5.69 Å². The first-order valence-corrected chi connectivity index (χ1v) is 8.98. The molecule has 4 N–H and O–H groups in total. The van der Waals surface area contributed by atoms with Crippen LogP contribution in [0, 0.1) is 16.0 Å². The largest absolute Gasteiger partial charge is 0.310 e. The van der Waals surface area contributed by atoms with Gasteiger partial charge in [0, 0.05) is 12.6 Å². The average Bonchev–Trinajstić information content (AvgIpc) is 3.07. The highest BCUT2D eigenvalue weighted by molar-refractivity contribution is 7.91. The van der Waals surface area contributed by atoms with Crippen molar-refractivity contribution in [2.24, 2.45) is 11.8 Å². The van der Waals surface area contributed by atoms with Crippen LogP contribution in [0.3, 0.4) is 0 Å². The van der Waals surface area contributed by atoms with Gasteiger partial charge in [0.2, 0.25) is 10.0 Å². The van der Waals surface area contributed by atoms with Crippen molar-refractivity contribution in [2.75, 3.05) is 12.0 Å². The molecule has 1 heterocycles. The van der Waals surface area contributed by atoms with Crippen LogP contribution in [-0.2, 0) is 10.0 Å². The number of sulfonamides is 1. The molecule has 21 heavy (non-hydrogen) atoms. The molecule has 1 aliphatic carbocycles. The molecule has 0 amide bonds. The summed E-state index contributed by atoms with van der Waals surface area (Å²) in [6.07, 6.45) is 5.51. The number of hydrogen-bond donors (Lipinski definition) is 3. The van der Waals surface area contributed by atoms with Gasteiger partial charge in [0.25, 0.3) is 0 Å². The Balaban J connectivity index is 2.03. The molecular formula is C11H18N4O4S2. The van der Waals surface area contributed by atoms with Crippen LogP contribution in [0.4, 0.5) is 10.7 Å². The van der Waals surface area contributed by atoms with Crippen molar-refractivity contribution in [3.63, 3.8) is 0 Å². The summed E-state index contributed by atoms with van der Waals surface area (Å²) in [5.41, 5.74) is 1.82. The van der Waals surface area contributed by atoms with Crippen molar-refractivity contribution < 1.29 is 13.3 Å². The number of hydrogen-bond acceptors (Lipinski definition) is 7. The Kier molecular flexibility index (Phi) is 5.14. The van der Waals surface area contributed by atoms with Crippen molar-refractivity contribution in [3.8, 4) is 0 Å². The van der Waals surface area contributed by atoms with E-state index in [0.717, 1.165) is 36.7 Å². The molecule has 1 aromatic rings. The summed E-state index contributed by atoms with van der Waals surface area (Å²) in [6.45, 7) is 0.351. The molecule has 1 aromatic heterocycles. The molecule has 0 atom stereocenters. The number of thiophene rings is 1. The standard InChI is InChI=1S/C11H18N4O4S2/c12-14-11-9(15(16)17)7-10(20-11)21(18,19)13-6-5-8-3-1-2-4-8/h7-8,13-14H,1-6,12H2. The van der Waals surface area contributed by atoms with Gasteiger partial charge in [-0.15, -0.1) is 0 Å². The number of nitrogens with two attached hydrogens (primary N) is 1. The highest BCUT2D eigenvalue weighted by Gasteiger charge is 2.26. The fourth-order valence-electron chi connectivity index (χ4n) is 2.50. The van der Waals surface area contributed by atoms with Gasteiger partial charge in [0.15, 0.2) is 5.00 Å². The van der Waals surface area contributed by atoms with Crippen LogP contribution in [0.1, 0.15) is 32.1 Å². The predicted molar refractivity (Wildman–Crippen MR) is 80.5 cm³/mol. The lowest BCUT2D eigenvalue weighted by molar-refractivity contribution is -0.383. The maximum Gasteiger partial charge on any atom is 0.306 e. The molecule has 0 spiro atoms. The van der Waals surface area contributed by atoms with E-state index in [4.69, 9.17) is 5.84 Å². The SMILES string of the molecule is NNc1sc(S(=O)(=O)NCCC2CCCC2)cc1[N+](=O)[O-]. The monoisotopic (exact) mass is 334 g/mol. The highest BCUT2D eigenvalue weighted by atomic mass is 32.2. The smallest absolute Gasteiger partial charge is 0.306 e. The number of rotatable bonds is 7. The van der Waals surface area contributed by atoms with Crippen molar-refractivity contribution in [2.45, 2.75) is 36.3 Å². The van der Waals surface area contributed by atoms with E-state index in [-0.39, 0.29) is 14.9 Å². The minimum atomic E-state index is -3.73. The van der Waals surface area contributed by atoms with Gasteiger partial charge in [0.1, 0.15) is 4.21 Å². The summed E-state index contributed by atoms with van der Waals surface area (Å²) >= 11 is 0.749. The summed E-state index contributed by atoms with van der Waals surface area (Å²) in [5.74, 6) is 5.74. The average molecular weight is 334 g/mol. The minimum absolute atomic E-state index is 0.0242. The molecule has 2 rings (SSSR count). The van der Waals surface area contributed by atoms with Gasteiger partial charge in [-0.2, -0.15) is 0 Å². The summed E-state index contributed by atoms with van der Waals surface area (Å²) in [4.78, 5) is 10.1. The molecular weight excluding hydrogens is 316 g/mol. The van der Waals surface area contributed by atoms with Crippen LogP contribution in [-0.4, -0.2) is 19.9 Å². The molecule has 1 aliphatic rings. The Morgan fingerprint density at radius 2 is 2.10 bits per heavy atom. The Hall–Kier alpha value is -1.23. The third-order valence-corrected chi connectivity index (χ3v) is 6.59. The number of nitrogens with one attached hydrogen (secondary N) is 2. The number of nitrogens with zero attached hydrogens (tertiary/aromatic N) is 1. The molecule has 1 saturated carbocycles. The molecule has 0 radical (unpaired) electrons. The molecule has 118 valence electrons.